The van der Waals surface area contributed by atoms with E-state index in [0.717, 1.165) is 0 Å². The standard InChI is InChI=1S/C31H54N6O6/c1-10-19(8)25-30(42)34-21(14-16(2)3)26(38)33-22(15-17(4)5)27(39)35-24(18(6)7)29(41)32-20(9)31(43)37-13-11-12-23(37)28(40)36-25/h16-25H,10-15H2,1-9H3,(H,32,41)(H,33,38)(H,34,42)(H,35,39)(H,36,40)/t19-,20-,21-,22-,23-,24-,25-/m0/s1. The molecule has 2 fully saturated rings. The molecule has 0 aliphatic carbocycles. The van der Waals surface area contributed by atoms with Crippen LogP contribution in [0.5, 0.6) is 0 Å². The molecule has 2 heterocycles. The molecule has 0 radical (unpaired) electrons. The Morgan fingerprint density at radius 2 is 1.16 bits per heavy atom. The SMILES string of the molecule is CC[C@H](C)[C@@H]1NC(=O)[C@@H]2CCCN2C(=O)[C@H](C)NC(=O)[C@H](C(C)C)NC(=O)[C@H](CC(C)C)NC(=O)[C@H](CC(C)C)NC1=O. The van der Waals surface area contributed by atoms with E-state index in [-0.39, 0.29) is 23.7 Å². The van der Waals surface area contributed by atoms with E-state index in [1.165, 1.54) is 4.90 Å². The Morgan fingerprint density at radius 3 is 1.67 bits per heavy atom. The van der Waals surface area contributed by atoms with E-state index < -0.39 is 71.7 Å². The van der Waals surface area contributed by atoms with Crippen molar-refractivity contribution in [3.05, 3.63) is 0 Å². The summed E-state index contributed by atoms with van der Waals surface area (Å²) in [4.78, 5) is 82.6. The number of nitrogens with zero attached hydrogens (tertiary/aromatic N) is 1. The van der Waals surface area contributed by atoms with E-state index in [1.54, 1.807) is 20.8 Å². The second-order valence-corrected chi connectivity index (χ2v) is 13.4. The molecule has 12 nitrogen and oxygen atoms in total. The summed E-state index contributed by atoms with van der Waals surface area (Å²) >= 11 is 0. The van der Waals surface area contributed by atoms with Gasteiger partial charge in [-0.05, 0) is 56.3 Å². The van der Waals surface area contributed by atoms with E-state index in [2.05, 4.69) is 26.6 Å². The molecule has 0 bridgehead atoms. The maximum Gasteiger partial charge on any atom is 0.245 e. The Morgan fingerprint density at radius 1 is 0.674 bits per heavy atom. The van der Waals surface area contributed by atoms with Crippen molar-refractivity contribution >= 4 is 35.4 Å². The Balaban J connectivity index is 2.56. The minimum atomic E-state index is -0.965. The zero-order valence-corrected chi connectivity index (χ0v) is 27.4. The quantitative estimate of drug-likeness (QED) is 0.292. The van der Waals surface area contributed by atoms with Crippen LogP contribution < -0.4 is 26.6 Å². The highest BCUT2D eigenvalue weighted by Gasteiger charge is 2.40. The number of carbonyl (C=O) groups excluding carboxylic acids is 6. The summed E-state index contributed by atoms with van der Waals surface area (Å²) in [5, 5.41) is 14.0. The lowest BCUT2D eigenvalue weighted by molar-refractivity contribution is -0.143. The first-order chi connectivity index (χ1) is 20.1. The number of hydrogen-bond donors (Lipinski definition) is 5. The van der Waals surface area contributed by atoms with Gasteiger partial charge in [-0.3, -0.25) is 28.8 Å². The molecule has 0 aromatic heterocycles. The summed E-state index contributed by atoms with van der Waals surface area (Å²) in [6.45, 7) is 16.9. The van der Waals surface area contributed by atoms with Gasteiger partial charge in [0, 0.05) is 6.54 Å². The zero-order chi connectivity index (χ0) is 32.6. The van der Waals surface area contributed by atoms with Crippen LogP contribution in [0.15, 0.2) is 0 Å². The van der Waals surface area contributed by atoms with Crippen LogP contribution in [0, 0.1) is 23.7 Å². The third kappa shape index (κ3) is 9.92. The summed E-state index contributed by atoms with van der Waals surface area (Å²) in [7, 11) is 0. The van der Waals surface area contributed by atoms with Crippen LogP contribution in [0.25, 0.3) is 0 Å². The van der Waals surface area contributed by atoms with E-state index >= 15 is 0 Å². The van der Waals surface area contributed by atoms with Crippen molar-refractivity contribution in [3.8, 4) is 0 Å². The number of amides is 6. The second kappa shape index (κ2) is 16.0. The van der Waals surface area contributed by atoms with Crippen LogP contribution in [-0.4, -0.2) is 83.1 Å². The van der Waals surface area contributed by atoms with Crippen molar-refractivity contribution in [3.63, 3.8) is 0 Å². The molecular weight excluding hydrogens is 552 g/mol. The molecule has 43 heavy (non-hydrogen) atoms. The molecule has 2 rings (SSSR count). The average molecular weight is 607 g/mol. The van der Waals surface area contributed by atoms with Gasteiger partial charge in [0.05, 0.1) is 0 Å². The summed E-state index contributed by atoms with van der Waals surface area (Å²) in [5.74, 6) is -3.40. The van der Waals surface area contributed by atoms with Crippen molar-refractivity contribution in [2.75, 3.05) is 6.54 Å². The lowest BCUT2D eigenvalue weighted by Gasteiger charge is -2.32. The maximum atomic E-state index is 13.7. The highest BCUT2D eigenvalue weighted by atomic mass is 16.2. The van der Waals surface area contributed by atoms with Gasteiger partial charge in [0.1, 0.15) is 36.3 Å². The van der Waals surface area contributed by atoms with Gasteiger partial charge < -0.3 is 31.5 Å². The van der Waals surface area contributed by atoms with Crippen LogP contribution in [0.2, 0.25) is 0 Å². The molecule has 0 aromatic rings. The van der Waals surface area contributed by atoms with Gasteiger partial charge in [-0.25, -0.2) is 0 Å². The smallest absolute Gasteiger partial charge is 0.245 e. The van der Waals surface area contributed by atoms with Crippen LogP contribution in [0.3, 0.4) is 0 Å². The number of fused-ring (bicyclic) bond motifs is 1. The van der Waals surface area contributed by atoms with Crippen LogP contribution in [0.1, 0.15) is 94.4 Å². The zero-order valence-electron chi connectivity index (χ0n) is 27.4. The minimum absolute atomic E-state index is 0.0365. The molecule has 0 unspecified atom stereocenters. The average Bonchev–Trinajstić information content (AvgIpc) is 3.41. The van der Waals surface area contributed by atoms with Gasteiger partial charge in [-0.1, -0.05) is 61.8 Å². The van der Waals surface area contributed by atoms with Crippen molar-refractivity contribution in [1.82, 2.24) is 31.5 Å². The third-order valence-electron chi connectivity index (χ3n) is 8.29. The number of nitrogens with one attached hydrogen (secondary N) is 5. The van der Waals surface area contributed by atoms with Gasteiger partial charge in [0.2, 0.25) is 35.4 Å². The van der Waals surface area contributed by atoms with Gasteiger partial charge in [0.15, 0.2) is 0 Å². The Labute approximate surface area is 256 Å². The van der Waals surface area contributed by atoms with Crippen molar-refractivity contribution in [1.29, 1.82) is 0 Å². The molecule has 0 saturated carbocycles. The Hall–Kier alpha value is -3.18. The molecule has 6 amide bonds. The minimum Gasteiger partial charge on any atom is -0.343 e. The monoisotopic (exact) mass is 606 g/mol. The number of hydrogen-bond acceptors (Lipinski definition) is 6. The molecule has 0 aromatic carbocycles. The molecule has 0 spiro atoms. The second-order valence-electron chi connectivity index (χ2n) is 13.4. The largest absolute Gasteiger partial charge is 0.343 e. The Kier molecular flexibility index (Phi) is 13.4. The normalized spacial score (nSPS) is 29.3. The molecular formula is C31H54N6O6. The molecule has 5 N–H and O–H groups in total. The molecule has 2 saturated heterocycles. The first-order valence-corrected chi connectivity index (χ1v) is 15.9. The van der Waals surface area contributed by atoms with E-state index in [9.17, 15) is 28.8 Å². The van der Waals surface area contributed by atoms with E-state index in [4.69, 9.17) is 0 Å². The van der Waals surface area contributed by atoms with Crippen molar-refractivity contribution in [2.45, 2.75) is 131 Å². The van der Waals surface area contributed by atoms with Gasteiger partial charge in [-0.15, -0.1) is 0 Å². The third-order valence-corrected chi connectivity index (χ3v) is 8.29. The maximum absolute atomic E-state index is 13.7. The summed E-state index contributed by atoms with van der Waals surface area (Å²) in [6, 6.07) is -5.55. The van der Waals surface area contributed by atoms with Gasteiger partial charge >= 0.3 is 0 Å². The first-order valence-electron chi connectivity index (χ1n) is 15.9. The Bertz CT molecular complexity index is 1030. The van der Waals surface area contributed by atoms with Crippen LogP contribution in [-0.2, 0) is 28.8 Å². The lowest BCUT2D eigenvalue weighted by Crippen LogP contribution is -2.62. The van der Waals surface area contributed by atoms with E-state index in [0.29, 0.717) is 38.6 Å². The number of rotatable bonds is 7. The van der Waals surface area contributed by atoms with E-state index in [1.807, 2.05) is 41.5 Å². The molecule has 2 aliphatic rings. The first kappa shape index (κ1) is 36.0. The molecule has 7 atom stereocenters. The molecule has 2 aliphatic heterocycles. The summed E-state index contributed by atoms with van der Waals surface area (Å²) in [6.07, 6.45) is 2.23. The molecule has 244 valence electrons. The van der Waals surface area contributed by atoms with Crippen molar-refractivity contribution in [2.24, 2.45) is 23.7 Å². The highest BCUT2D eigenvalue weighted by Crippen LogP contribution is 2.20. The van der Waals surface area contributed by atoms with Crippen LogP contribution >= 0.6 is 0 Å². The lowest BCUT2D eigenvalue weighted by atomic mass is 9.95. The number of carbonyl (C=O) groups is 6. The fourth-order valence-corrected chi connectivity index (χ4v) is 5.60. The summed E-state index contributed by atoms with van der Waals surface area (Å²) < 4.78 is 0. The van der Waals surface area contributed by atoms with Gasteiger partial charge in [0.25, 0.3) is 0 Å². The van der Waals surface area contributed by atoms with Crippen LogP contribution in [0.4, 0.5) is 0 Å². The van der Waals surface area contributed by atoms with Gasteiger partial charge in [-0.2, -0.15) is 0 Å². The molecule has 12 heteroatoms. The predicted octanol–water partition coefficient (Wildman–Crippen LogP) is 1.23. The predicted molar refractivity (Wildman–Crippen MR) is 163 cm³/mol. The fourth-order valence-electron chi connectivity index (χ4n) is 5.60. The van der Waals surface area contributed by atoms with Crippen molar-refractivity contribution < 1.29 is 28.8 Å². The topological polar surface area (TPSA) is 166 Å². The summed E-state index contributed by atoms with van der Waals surface area (Å²) in [5.41, 5.74) is 0. The highest BCUT2D eigenvalue weighted by molar-refractivity contribution is 5.98. The fraction of sp³-hybridized carbons (Fsp3) is 0.806.